The Hall–Kier alpha value is -1.98. The van der Waals surface area contributed by atoms with Crippen LogP contribution in [0.15, 0.2) is 64.1 Å². The molecule has 0 spiro atoms. The predicted molar refractivity (Wildman–Crippen MR) is 85.1 cm³/mol. The van der Waals surface area contributed by atoms with E-state index in [9.17, 15) is 9.90 Å². The van der Waals surface area contributed by atoms with Gasteiger partial charge in [0.2, 0.25) is 0 Å². The van der Waals surface area contributed by atoms with E-state index in [4.69, 9.17) is 0 Å². The van der Waals surface area contributed by atoms with E-state index >= 15 is 0 Å². The summed E-state index contributed by atoms with van der Waals surface area (Å²) in [4.78, 5) is 16.6. The van der Waals surface area contributed by atoms with E-state index in [2.05, 4.69) is 20.9 Å². The molecular weight excluding hydrogens is 332 g/mol. The van der Waals surface area contributed by atoms with Gasteiger partial charge in [0.05, 0.1) is 29.9 Å². The summed E-state index contributed by atoms with van der Waals surface area (Å²) in [6, 6.07) is 14.6. The van der Waals surface area contributed by atoms with Crippen molar-refractivity contribution in [1.29, 1.82) is 0 Å². The Balaban J connectivity index is 1.93. The molecule has 0 aliphatic rings. The molecule has 5 heteroatoms. The van der Waals surface area contributed by atoms with Crippen molar-refractivity contribution in [2.75, 3.05) is 0 Å². The van der Waals surface area contributed by atoms with Gasteiger partial charge < -0.3 is 5.11 Å². The Morgan fingerprint density at radius 3 is 2.62 bits per heavy atom. The molecule has 1 atom stereocenters. The number of aliphatic hydroxyl groups is 1. The normalized spacial score (nSPS) is 12.5. The fourth-order valence-electron chi connectivity index (χ4n) is 2.21. The van der Waals surface area contributed by atoms with Gasteiger partial charge in [-0.05, 0) is 29.8 Å². The maximum absolute atomic E-state index is 12.4. The van der Waals surface area contributed by atoms with Crippen molar-refractivity contribution in [3.8, 4) is 0 Å². The molecule has 0 fully saturated rings. The van der Waals surface area contributed by atoms with E-state index in [1.54, 1.807) is 18.2 Å². The van der Waals surface area contributed by atoms with Gasteiger partial charge in [-0.25, -0.2) is 4.98 Å². The molecule has 2 aromatic carbocycles. The fourth-order valence-corrected chi connectivity index (χ4v) is 2.48. The van der Waals surface area contributed by atoms with Gasteiger partial charge in [0.1, 0.15) is 0 Å². The summed E-state index contributed by atoms with van der Waals surface area (Å²) < 4.78 is 2.39. The first-order chi connectivity index (χ1) is 10.1. The lowest BCUT2D eigenvalue weighted by Gasteiger charge is -2.13. The van der Waals surface area contributed by atoms with Gasteiger partial charge in [0.15, 0.2) is 0 Å². The number of rotatable bonds is 3. The molecule has 0 bridgehead atoms. The van der Waals surface area contributed by atoms with Crippen LogP contribution in [0.1, 0.15) is 11.7 Å². The quantitative estimate of drug-likeness (QED) is 0.794. The number of para-hydroxylation sites is 1. The molecule has 0 radical (unpaired) electrons. The summed E-state index contributed by atoms with van der Waals surface area (Å²) in [6.07, 6.45) is 0.728. The Bertz CT molecular complexity index is 828. The molecule has 21 heavy (non-hydrogen) atoms. The first-order valence-corrected chi connectivity index (χ1v) is 7.32. The van der Waals surface area contributed by atoms with Crippen LogP contribution in [0.2, 0.25) is 0 Å². The minimum absolute atomic E-state index is 0.142. The fraction of sp³-hybridized carbons (Fsp3) is 0.125. The summed E-state index contributed by atoms with van der Waals surface area (Å²) in [5, 5.41) is 10.8. The van der Waals surface area contributed by atoms with E-state index in [0.29, 0.717) is 10.9 Å². The lowest BCUT2D eigenvalue weighted by Crippen LogP contribution is -2.23. The molecule has 1 aromatic heterocycles. The van der Waals surface area contributed by atoms with Crippen LogP contribution in [0.4, 0.5) is 0 Å². The van der Waals surface area contributed by atoms with Gasteiger partial charge in [0.25, 0.3) is 5.56 Å². The van der Waals surface area contributed by atoms with Crippen LogP contribution < -0.4 is 5.56 Å². The Kier molecular flexibility index (Phi) is 3.86. The van der Waals surface area contributed by atoms with E-state index in [1.165, 1.54) is 10.9 Å². The topological polar surface area (TPSA) is 55.1 Å². The number of aromatic nitrogens is 2. The summed E-state index contributed by atoms with van der Waals surface area (Å²) in [5.74, 6) is 0. The van der Waals surface area contributed by atoms with Crippen molar-refractivity contribution >= 4 is 26.8 Å². The van der Waals surface area contributed by atoms with Crippen molar-refractivity contribution in [2.24, 2.45) is 0 Å². The number of hydrogen-bond donors (Lipinski definition) is 1. The zero-order valence-corrected chi connectivity index (χ0v) is 12.7. The molecule has 0 aliphatic carbocycles. The highest BCUT2D eigenvalue weighted by molar-refractivity contribution is 9.10. The number of hydrogen-bond acceptors (Lipinski definition) is 3. The van der Waals surface area contributed by atoms with Crippen LogP contribution in [0.5, 0.6) is 0 Å². The second kappa shape index (κ2) is 5.79. The van der Waals surface area contributed by atoms with Gasteiger partial charge in [-0.3, -0.25) is 9.36 Å². The van der Waals surface area contributed by atoms with Crippen molar-refractivity contribution in [3.05, 3.63) is 75.2 Å². The highest BCUT2D eigenvalue weighted by Gasteiger charge is 2.11. The largest absolute Gasteiger partial charge is 0.387 e. The molecule has 106 valence electrons. The number of aliphatic hydroxyl groups excluding tert-OH is 1. The monoisotopic (exact) mass is 344 g/mol. The number of fused-ring (bicyclic) bond motifs is 1. The molecule has 1 heterocycles. The number of nitrogens with zero attached hydrogens (tertiary/aromatic N) is 2. The Morgan fingerprint density at radius 2 is 1.86 bits per heavy atom. The highest BCUT2D eigenvalue weighted by atomic mass is 79.9. The van der Waals surface area contributed by atoms with Gasteiger partial charge in [-0.15, -0.1) is 0 Å². The smallest absolute Gasteiger partial charge is 0.261 e. The minimum atomic E-state index is -0.751. The van der Waals surface area contributed by atoms with Gasteiger partial charge in [-0.2, -0.15) is 0 Å². The molecule has 4 nitrogen and oxygen atoms in total. The van der Waals surface area contributed by atoms with Crippen LogP contribution >= 0.6 is 15.9 Å². The molecule has 0 amide bonds. The number of benzene rings is 2. The number of halogens is 1. The second-order valence-electron chi connectivity index (χ2n) is 4.79. The average molecular weight is 345 g/mol. The minimum Gasteiger partial charge on any atom is -0.387 e. The van der Waals surface area contributed by atoms with Crippen LogP contribution in [0, 0.1) is 0 Å². The van der Waals surface area contributed by atoms with Gasteiger partial charge in [-0.1, -0.05) is 40.2 Å². The maximum atomic E-state index is 12.4. The third kappa shape index (κ3) is 2.89. The van der Waals surface area contributed by atoms with Crippen LogP contribution in [0.3, 0.4) is 0 Å². The molecule has 0 saturated carbocycles. The maximum Gasteiger partial charge on any atom is 0.261 e. The second-order valence-corrected chi connectivity index (χ2v) is 5.70. The predicted octanol–water partition coefficient (Wildman–Crippen LogP) is 2.89. The Morgan fingerprint density at radius 1 is 1.14 bits per heavy atom. The standard InChI is InChI=1S/C16H13BrN2O2/c17-12-7-5-11(6-8-12)15(20)9-19-10-18-14-4-2-1-3-13(14)16(19)21/h1-8,10,15,20H,9H2. The summed E-state index contributed by atoms with van der Waals surface area (Å²) >= 11 is 3.35. The summed E-state index contributed by atoms with van der Waals surface area (Å²) in [7, 11) is 0. The first kappa shape index (κ1) is 14.0. The van der Waals surface area contributed by atoms with Crippen molar-refractivity contribution in [1.82, 2.24) is 9.55 Å². The zero-order chi connectivity index (χ0) is 14.8. The van der Waals surface area contributed by atoms with Gasteiger partial charge in [0, 0.05) is 4.47 Å². The van der Waals surface area contributed by atoms with Crippen molar-refractivity contribution in [2.45, 2.75) is 12.6 Å². The molecule has 3 aromatic rings. The molecule has 3 rings (SSSR count). The Labute approximate surface area is 129 Å². The van der Waals surface area contributed by atoms with E-state index < -0.39 is 6.10 Å². The zero-order valence-electron chi connectivity index (χ0n) is 11.1. The molecule has 1 N–H and O–H groups in total. The SMILES string of the molecule is O=c1c2ccccc2ncn1CC(O)c1ccc(Br)cc1. The first-order valence-electron chi connectivity index (χ1n) is 6.53. The molecular formula is C16H13BrN2O2. The van der Waals surface area contributed by atoms with Gasteiger partial charge >= 0.3 is 0 Å². The van der Waals surface area contributed by atoms with E-state index in [-0.39, 0.29) is 12.1 Å². The molecule has 0 saturated heterocycles. The summed E-state index contributed by atoms with van der Waals surface area (Å²) in [6.45, 7) is 0.179. The molecule has 0 aliphatic heterocycles. The summed E-state index contributed by atoms with van der Waals surface area (Å²) in [5.41, 5.74) is 1.28. The van der Waals surface area contributed by atoms with Crippen molar-refractivity contribution < 1.29 is 5.11 Å². The van der Waals surface area contributed by atoms with Crippen molar-refractivity contribution in [3.63, 3.8) is 0 Å². The van der Waals surface area contributed by atoms with E-state index in [1.807, 2.05) is 30.3 Å². The van der Waals surface area contributed by atoms with Crippen LogP contribution in [-0.2, 0) is 6.54 Å². The van der Waals surface area contributed by atoms with Crippen LogP contribution in [-0.4, -0.2) is 14.7 Å². The van der Waals surface area contributed by atoms with E-state index in [0.717, 1.165) is 10.0 Å². The third-order valence-electron chi connectivity index (χ3n) is 3.36. The lowest BCUT2D eigenvalue weighted by molar-refractivity contribution is 0.155. The van der Waals surface area contributed by atoms with Crippen LogP contribution in [0.25, 0.3) is 10.9 Å². The average Bonchev–Trinajstić information content (AvgIpc) is 2.51. The highest BCUT2D eigenvalue weighted by Crippen LogP contribution is 2.18. The third-order valence-corrected chi connectivity index (χ3v) is 3.88. The molecule has 1 unspecified atom stereocenters. The lowest BCUT2D eigenvalue weighted by atomic mass is 10.1.